The molecule has 0 spiro atoms. The van der Waals surface area contributed by atoms with Crippen LogP contribution >= 0.6 is 0 Å². The molecule has 0 fully saturated rings. The lowest BCUT2D eigenvalue weighted by Gasteiger charge is -2.21. The highest BCUT2D eigenvalue weighted by Gasteiger charge is 2.13. The molecule has 0 unspecified atom stereocenters. The van der Waals surface area contributed by atoms with Gasteiger partial charge in [-0.1, -0.05) is 25.1 Å². The van der Waals surface area contributed by atoms with Crippen LogP contribution in [0.3, 0.4) is 0 Å². The first kappa shape index (κ1) is 17.3. The molecule has 2 aromatic carbocycles. The molecule has 0 aliphatic carbocycles. The summed E-state index contributed by atoms with van der Waals surface area (Å²) in [6, 6.07) is 13.9. The van der Waals surface area contributed by atoms with Gasteiger partial charge in [0, 0.05) is 12.2 Å². The van der Waals surface area contributed by atoms with Gasteiger partial charge in [-0.15, -0.1) is 0 Å². The first-order valence-corrected chi connectivity index (χ1v) is 8.60. The topological polar surface area (TPSA) is 50.8 Å². The van der Waals surface area contributed by atoms with Crippen LogP contribution in [0.1, 0.15) is 18.1 Å². The lowest BCUT2D eigenvalue weighted by Crippen LogP contribution is -2.29. The number of rotatable bonds is 6. The molecule has 1 amide bonds. The van der Waals surface area contributed by atoms with E-state index in [1.165, 1.54) is 5.56 Å². The zero-order valence-corrected chi connectivity index (χ0v) is 14.7. The van der Waals surface area contributed by atoms with Gasteiger partial charge in [-0.25, -0.2) is 0 Å². The summed E-state index contributed by atoms with van der Waals surface area (Å²) in [4.78, 5) is 14.2. The Morgan fingerprint density at radius 3 is 2.44 bits per heavy atom. The average Bonchev–Trinajstić information content (AvgIpc) is 2.62. The van der Waals surface area contributed by atoms with Gasteiger partial charge in [-0.2, -0.15) is 0 Å². The molecule has 1 aliphatic rings. The number of nitrogens with one attached hydrogen (secondary N) is 1. The van der Waals surface area contributed by atoms with Gasteiger partial charge < -0.3 is 14.8 Å². The van der Waals surface area contributed by atoms with E-state index in [-0.39, 0.29) is 5.91 Å². The van der Waals surface area contributed by atoms with Crippen molar-refractivity contribution in [2.24, 2.45) is 0 Å². The minimum atomic E-state index is -0.0238. The van der Waals surface area contributed by atoms with E-state index in [2.05, 4.69) is 12.2 Å². The van der Waals surface area contributed by atoms with Gasteiger partial charge in [0.15, 0.2) is 11.5 Å². The van der Waals surface area contributed by atoms with E-state index in [0.717, 1.165) is 29.2 Å². The minimum Gasteiger partial charge on any atom is -0.486 e. The van der Waals surface area contributed by atoms with Crippen molar-refractivity contribution in [3.63, 3.8) is 0 Å². The Balaban J connectivity index is 1.52. The highest BCUT2D eigenvalue weighted by molar-refractivity contribution is 5.92. The van der Waals surface area contributed by atoms with Crippen molar-refractivity contribution in [1.29, 1.82) is 0 Å². The fourth-order valence-corrected chi connectivity index (χ4v) is 2.82. The number of carbonyl (C=O) groups is 1. The van der Waals surface area contributed by atoms with E-state index in [4.69, 9.17) is 9.47 Å². The highest BCUT2D eigenvalue weighted by Crippen LogP contribution is 2.31. The summed E-state index contributed by atoms with van der Waals surface area (Å²) in [5.74, 6) is 1.54. The molecule has 0 aromatic heterocycles. The summed E-state index contributed by atoms with van der Waals surface area (Å²) >= 11 is 0. The summed E-state index contributed by atoms with van der Waals surface area (Å²) in [6.07, 6.45) is 0.993. The molecule has 132 valence electrons. The largest absolute Gasteiger partial charge is 0.486 e. The molecular formula is C20H24N2O3. The molecule has 1 N–H and O–H groups in total. The maximum Gasteiger partial charge on any atom is 0.238 e. The van der Waals surface area contributed by atoms with Gasteiger partial charge >= 0.3 is 0 Å². The van der Waals surface area contributed by atoms with Crippen molar-refractivity contribution in [3.05, 3.63) is 53.6 Å². The van der Waals surface area contributed by atoms with Crippen LogP contribution < -0.4 is 14.8 Å². The number of aryl methyl sites for hydroxylation is 1. The van der Waals surface area contributed by atoms with Gasteiger partial charge in [0.1, 0.15) is 13.2 Å². The first-order valence-electron chi connectivity index (χ1n) is 8.60. The van der Waals surface area contributed by atoms with Gasteiger partial charge in [0.2, 0.25) is 5.91 Å². The Bertz CT molecular complexity index is 728. The monoisotopic (exact) mass is 340 g/mol. The second-order valence-corrected chi connectivity index (χ2v) is 6.25. The van der Waals surface area contributed by atoms with E-state index in [1.54, 1.807) is 0 Å². The smallest absolute Gasteiger partial charge is 0.238 e. The van der Waals surface area contributed by atoms with Crippen LogP contribution in [0.2, 0.25) is 0 Å². The van der Waals surface area contributed by atoms with Crippen molar-refractivity contribution in [1.82, 2.24) is 4.90 Å². The van der Waals surface area contributed by atoms with Crippen LogP contribution in [-0.4, -0.2) is 37.6 Å². The Labute approximate surface area is 148 Å². The normalized spacial score (nSPS) is 12.9. The minimum absolute atomic E-state index is 0.0238. The van der Waals surface area contributed by atoms with Gasteiger partial charge in [0.05, 0.1) is 6.54 Å². The fourth-order valence-electron chi connectivity index (χ4n) is 2.82. The Morgan fingerprint density at radius 1 is 1.04 bits per heavy atom. The third-order valence-corrected chi connectivity index (χ3v) is 4.12. The third kappa shape index (κ3) is 4.73. The Morgan fingerprint density at radius 2 is 1.72 bits per heavy atom. The molecule has 0 atom stereocenters. The number of benzene rings is 2. The Hall–Kier alpha value is -2.53. The summed E-state index contributed by atoms with van der Waals surface area (Å²) < 4.78 is 11.1. The predicted molar refractivity (Wildman–Crippen MR) is 98.2 cm³/mol. The number of nitrogens with zero attached hydrogens (tertiary/aromatic N) is 1. The maximum atomic E-state index is 12.2. The molecule has 1 heterocycles. The van der Waals surface area contributed by atoms with E-state index in [9.17, 15) is 4.79 Å². The molecule has 25 heavy (non-hydrogen) atoms. The predicted octanol–water partition coefficient (Wildman–Crippen LogP) is 3.09. The highest BCUT2D eigenvalue weighted by atomic mass is 16.6. The lowest BCUT2D eigenvalue weighted by atomic mass is 10.1. The molecule has 0 saturated carbocycles. The molecule has 0 radical (unpaired) electrons. The number of ether oxygens (including phenoxy) is 2. The molecule has 5 nitrogen and oxygen atoms in total. The van der Waals surface area contributed by atoms with Crippen LogP contribution in [0, 0.1) is 0 Å². The summed E-state index contributed by atoms with van der Waals surface area (Å²) in [5, 5.41) is 2.93. The molecule has 0 bridgehead atoms. The van der Waals surface area contributed by atoms with Crippen molar-refractivity contribution >= 4 is 11.6 Å². The number of likely N-dealkylation sites (N-methyl/N-ethyl adjacent to an activating group) is 1. The van der Waals surface area contributed by atoms with Crippen molar-refractivity contribution < 1.29 is 14.3 Å². The van der Waals surface area contributed by atoms with E-state index in [0.29, 0.717) is 26.3 Å². The summed E-state index contributed by atoms with van der Waals surface area (Å²) in [5.41, 5.74) is 3.18. The van der Waals surface area contributed by atoms with Gasteiger partial charge in [-0.3, -0.25) is 9.69 Å². The number of hydrogen-bond donors (Lipinski definition) is 1. The van der Waals surface area contributed by atoms with Crippen LogP contribution in [0.5, 0.6) is 11.5 Å². The number of carbonyl (C=O) groups excluding carboxylic acids is 1. The zero-order valence-electron chi connectivity index (χ0n) is 14.7. The second kappa shape index (κ2) is 8.03. The average molecular weight is 340 g/mol. The van der Waals surface area contributed by atoms with Crippen molar-refractivity contribution in [2.45, 2.75) is 19.9 Å². The van der Waals surface area contributed by atoms with Crippen LogP contribution in [0.4, 0.5) is 5.69 Å². The quantitative estimate of drug-likeness (QED) is 0.878. The number of fused-ring (bicyclic) bond motifs is 1. The standard InChI is InChI=1S/C20H24N2O3/c1-3-15-4-7-17(8-5-15)21-20(23)14-22(2)13-16-6-9-18-19(12-16)25-11-10-24-18/h4-9,12H,3,10-11,13-14H2,1-2H3,(H,21,23). The van der Waals surface area contributed by atoms with E-state index >= 15 is 0 Å². The SMILES string of the molecule is CCc1ccc(NC(=O)CN(C)Cc2ccc3c(c2)OCCO3)cc1. The van der Waals surface area contributed by atoms with Gasteiger partial charge in [0.25, 0.3) is 0 Å². The van der Waals surface area contributed by atoms with Crippen LogP contribution in [0.25, 0.3) is 0 Å². The zero-order chi connectivity index (χ0) is 17.6. The molecule has 2 aromatic rings. The summed E-state index contributed by atoms with van der Waals surface area (Å²) in [7, 11) is 1.93. The first-order chi connectivity index (χ1) is 12.1. The van der Waals surface area contributed by atoms with E-state index in [1.807, 2.05) is 54.4 Å². The van der Waals surface area contributed by atoms with Gasteiger partial charge in [-0.05, 0) is 48.9 Å². The van der Waals surface area contributed by atoms with Crippen molar-refractivity contribution in [2.75, 3.05) is 32.1 Å². The number of amides is 1. The molecule has 5 heteroatoms. The Kier molecular flexibility index (Phi) is 5.56. The van der Waals surface area contributed by atoms with Crippen LogP contribution in [0.15, 0.2) is 42.5 Å². The molecule has 3 rings (SSSR count). The summed E-state index contributed by atoms with van der Waals surface area (Å²) in [6.45, 7) is 4.26. The third-order valence-electron chi connectivity index (χ3n) is 4.12. The number of anilines is 1. The van der Waals surface area contributed by atoms with Crippen LogP contribution in [-0.2, 0) is 17.8 Å². The maximum absolute atomic E-state index is 12.2. The fraction of sp³-hybridized carbons (Fsp3) is 0.350. The van der Waals surface area contributed by atoms with E-state index < -0.39 is 0 Å². The lowest BCUT2D eigenvalue weighted by molar-refractivity contribution is -0.117. The molecule has 1 aliphatic heterocycles. The molecular weight excluding hydrogens is 316 g/mol. The molecule has 0 saturated heterocycles. The second-order valence-electron chi connectivity index (χ2n) is 6.25. The van der Waals surface area contributed by atoms with Crippen molar-refractivity contribution in [3.8, 4) is 11.5 Å². The number of hydrogen-bond acceptors (Lipinski definition) is 4.